The molecule has 34 heavy (non-hydrogen) atoms. The molecule has 0 amide bonds. The van der Waals surface area contributed by atoms with Crippen LogP contribution in [-0.4, -0.2) is 51.2 Å². The molecule has 0 radical (unpaired) electrons. The van der Waals surface area contributed by atoms with E-state index < -0.39 is 6.10 Å². The molecule has 3 rings (SSSR count). The summed E-state index contributed by atoms with van der Waals surface area (Å²) < 4.78 is 27.5. The SMILES string of the molecule is CC[C@@H](C)N(Cc1c(C)nn(-c2ccccc2)c1Oc1cccc(F)c1)C[C@H](O)COC(C)C. The Morgan fingerprint density at radius 1 is 1.09 bits per heavy atom. The van der Waals surface area contributed by atoms with Gasteiger partial charge in [-0.05, 0) is 58.4 Å². The fourth-order valence-corrected chi connectivity index (χ4v) is 3.70. The van der Waals surface area contributed by atoms with Crippen molar-refractivity contribution in [2.45, 2.75) is 65.8 Å². The lowest BCUT2D eigenvalue weighted by molar-refractivity contribution is -0.0150. The first kappa shape index (κ1) is 25.9. The van der Waals surface area contributed by atoms with Crippen LogP contribution in [0.25, 0.3) is 5.69 Å². The van der Waals surface area contributed by atoms with Gasteiger partial charge in [0.2, 0.25) is 5.88 Å². The van der Waals surface area contributed by atoms with Crippen LogP contribution >= 0.6 is 0 Å². The van der Waals surface area contributed by atoms with Gasteiger partial charge in [0.15, 0.2) is 0 Å². The number of aromatic nitrogens is 2. The number of aryl methyl sites for hydroxylation is 1. The maximum atomic E-state index is 13.9. The predicted octanol–water partition coefficient (Wildman–Crippen LogP) is 5.50. The van der Waals surface area contributed by atoms with E-state index in [1.165, 1.54) is 12.1 Å². The molecule has 1 N–H and O–H groups in total. The molecule has 0 spiro atoms. The Morgan fingerprint density at radius 3 is 2.47 bits per heavy atom. The highest BCUT2D eigenvalue weighted by atomic mass is 19.1. The van der Waals surface area contributed by atoms with Crippen LogP contribution in [-0.2, 0) is 11.3 Å². The number of nitrogens with zero attached hydrogens (tertiary/aromatic N) is 3. The van der Waals surface area contributed by atoms with Gasteiger partial charge in [-0.1, -0.05) is 31.2 Å². The van der Waals surface area contributed by atoms with Crippen LogP contribution in [0.3, 0.4) is 0 Å². The molecule has 6 nitrogen and oxygen atoms in total. The molecule has 0 aliphatic rings. The summed E-state index contributed by atoms with van der Waals surface area (Å²) in [4.78, 5) is 2.21. The van der Waals surface area contributed by atoms with E-state index in [1.807, 2.05) is 51.1 Å². The first-order chi connectivity index (χ1) is 16.3. The summed E-state index contributed by atoms with van der Waals surface area (Å²) in [6.07, 6.45) is 0.363. The average Bonchev–Trinajstić information content (AvgIpc) is 3.12. The predicted molar refractivity (Wildman–Crippen MR) is 132 cm³/mol. The van der Waals surface area contributed by atoms with Crippen molar-refractivity contribution in [3.63, 3.8) is 0 Å². The molecule has 0 bridgehead atoms. The van der Waals surface area contributed by atoms with Crippen molar-refractivity contribution < 1.29 is 19.0 Å². The smallest absolute Gasteiger partial charge is 0.227 e. The maximum absolute atomic E-state index is 13.9. The molecule has 2 atom stereocenters. The van der Waals surface area contributed by atoms with Crippen molar-refractivity contribution in [1.82, 2.24) is 14.7 Å². The van der Waals surface area contributed by atoms with E-state index in [0.29, 0.717) is 24.7 Å². The second-order valence-corrected chi connectivity index (χ2v) is 8.90. The maximum Gasteiger partial charge on any atom is 0.227 e. The molecule has 2 aromatic carbocycles. The normalized spacial score (nSPS) is 13.4. The largest absolute Gasteiger partial charge is 0.438 e. The summed E-state index contributed by atoms with van der Waals surface area (Å²) in [6, 6.07) is 16.0. The van der Waals surface area contributed by atoms with Gasteiger partial charge in [-0.25, -0.2) is 9.07 Å². The Bertz CT molecular complexity index is 1040. The standard InChI is InChI=1S/C27H36FN3O3/c1-6-20(4)30(16-24(32)18-33-19(2)3)17-26-21(5)29-31(23-12-8-7-9-13-23)27(26)34-25-14-10-11-22(28)15-25/h7-15,19-20,24,32H,6,16-18H2,1-5H3/t20-,24+/m1/s1. The minimum atomic E-state index is -0.617. The zero-order valence-electron chi connectivity index (χ0n) is 20.7. The van der Waals surface area contributed by atoms with Crippen molar-refractivity contribution in [2.75, 3.05) is 13.2 Å². The summed E-state index contributed by atoms with van der Waals surface area (Å²) in [7, 11) is 0. The molecule has 0 saturated carbocycles. The number of para-hydroxylation sites is 1. The van der Waals surface area contributed by atoms with Gasteiger partial charge >= 0.3 is 0 Å². The fourth-order valence-electron chi connectivity index (χ4n) is 3.70. The summed E-state index contributed by atoms with van der Waals surface area (Å²) in [6.45, 7) is 11.4. The Morgan fingerprint density at radius 2 is 1.82 bits per heavy atom. The highest BCUT2D eigenvalue weighted by Gasteiger charge is 2.25. The van der Waals surface area contributed by atoms with Gasteiger partial charge in [-0.15, -0.1) is 0 Å². The quantitative estimate of drug-likeness (QED) is 0.380. The van der Waals surface area contributed by atoms with E-state index >= 15 is 0 Å². The zero-order chi connectivity index (χ0) is 24.7. The van der Waals surface area contributed by atoms with E-state index in [9.17, 15) is 9.50 Å². The zero-order valence-corrected chi connectivity index (χ0v) is 20.7. The van der Waals surface area contributed by atoms with Crippen LogP contribution < -0.4 is 4.74 Å². The van der Waals surface area contributed by atoms with Gasteiger partial charge < -0.3 is 14.6 Å². The molecule has 0 aliphatic carbocycles. The molecule has 0 fully saturated rings. The number of halogens is 1. The van der Waals surface area contributed by atoms with Crippen LogP contribution in [0, 0.1) is 12.7 Å². The third-order valence-electron chi connectivity index (χ3n) is 5.79. The Hall–Kier alpha value is -2.74. The minimum absolute atomic E-state index is 0.0596. The van der Waals surface area contributed by atoms with Crippen LogP contribution in [0.5, 0.6) is 11.6 Å². The van der Waals surface area contributed by atoms with Gasteiger partial charge in [-0.2, -0.15) is 5.10 Å². The van der Waals surface area contributed by atoms with E-state index in [1.54, 1.807) is 16.8 Å². The second kappa shape index (κ2) is 12.1. The van der Waals surface area contributed by atoms with Crippen LogP contribution in [0.4, 0.5) is 4.39 Å². The second-order valence-electron chi connectivity index (χ2n) is 8.90. The highest BCUT2D eigenvalue weighted by Crippen LogP contribution is 2.32. The summed E-state index contributed by atoms with van der Waals surface area (Å²) in [5.74, 6) is 0.574. The Kier molecular flexibility index (Phi) is 9.21. The van der Waals surface area contributed by atoms with Crippen LogP contribution in [0.15, 0.2) is 54.6 Å². The Balaban J connectivity index is 1.96. The molecular formula is C27H36FN3O3. The number of ether oxygens (including phenoxy) is 2. The molecule has 7 heteroatoms. The van der Waals surface area contributed by atoms with E-state index in [2.05, 4.69) is 18.7 Å². The van der Waals surface area contributed by atoms with Crippen molar-refractivity contribution in [3.8, 4) is 17.3 Å². The van der Waals surface area contributed by atoms with Gasteiger partial charge in [0.25, 0.3) is 0 Å². The molecule has 0 aliphatic heterocycles. The van der Waals surface area contributed by atoms with E-state index in [0.717, 1.165) is 23.4 Å². The highest BCUT2D eigenvalue weighted by molar-refractivity contribution is 5.43. The molecule has 1 aromatic heterocycles. The molecule has 0 unspecified atom stereocenters. The summed E-state index contributed by atoms with van der Waals surface area (Å²) in [5.41, 5.74) is 2.56. The van der Waals surface area contributed by atoms with Crippen molar-refractivity contribution in [3.05, 3.63) is 71.7 Å². The van der Waals surface area contributed by atoms with E-state index in [4.69, 9.17) is 14.6 Å². The monoisotopic (exact) mass is 469 g/mol. The first-order valence-electron chi connectivity index (χ1n) is 11.9. The number of rotatable bonds is 12. The first-order valence-corrected chi connectivity index (χ1v) is 11.9. The number of benzene rings is 2. The summed E-state index contributed by atoms with van der Waals surface area (Å²) >= 11 is 0. The van der Waals surface area contributed by atoms with Gasteiger partial charge in [0, 0.05) is 25.2 Å². The molecule has 0 saturated heterocycles. The lowest BCUT2D eigenvalue weighted by Gasteiger charge is -2.30. The van der Waals surface area contributed by atoms with Crippen LogP contribution in [0.2, 0.25) is 0 Å². The number of hydrogen-bond donors (Lipinski definition) is 1. The lowest BCUT2D eigenvalue weighted by atomic mass is 10.1. The molecular weight excluding hydrogens is 433 g/mol. The van der Waals surface area contributed by atoms with Gasteiger partial charge in [-0.3, -0.25) is 4.90 Å². The van der Waals surface area contributed by atoms with Gasteiger partial charge in [0.1, 0.15) is 11.6 Å². The molecule has 184 valence electrons. The van der Waals surface area contributed by atoms with Crippen molar-refractivity contribution >= 4 is 0 Å². The lowest BCUT2D eigenvalue weighted by Crippen LogP contribution is -2.40. The van der Waals surface area contributed by atoms with Crippen molar-refractivity contribution in [1.29, 1.82) is 0 Å². The number of hydrogen-bond acceptors (Lipinski definition) is 5. The third-order valence-corrected chi connectivity index (χ3v) is 5.79. The fraction of sp³-hybridized carbons (Fsp3) is 0.444. The number of aliphatic hydroxyl groups excluding tert-OH is 1. The van der Waals surface area contributed by atoms with Crippen molar-refractivity contribution in [2.24, 2.45) is 0 Å². The molecule has 1 heterocycles. The van der Waals surface area contributed by atoms with Gasteiger partial charge in [0.05, 0.1) is 35.8 Å². The minimum Gasteiger partial charge on any atom is -0.438 e. The molecule has 3 aromatic rings. The Labute approximate surface area is 201 Å². The third kappa shape index (κ3) is 6.88. The number of aliphatic hydroxyl groups is 1. The topological polar surface area (TPSA) is 59.8 Å². The summed E-state index contributed by atoms with van der Waals surface area (Å²) in [5, 5.41) is 15.4. The van der Waals surface area contributed by atoms with E-state index in [-0.39, 0.29) is 24.6 Å². The average molecular weight is 470 g/mol. The van der Waals surface area contributed by atoms with Crippen LogP contribution in [0.1, 0.15) is 45.4 Å².